The molecule has 0 unspecified atom stereocenters. The Morgan fingerprint density at radius 1 is 1.58 bits per heavy atom. The van der Waals surface area contributed by atoms with Crippen LogP contribution < -0.4 is 4.90 Å². The minimum Gasteiger partial charge on any atom is -0.360 e. The van der Waals surface area contributed by atoms with Gasteiger partial charge in [-0.3, -0.25) is 0 Å². The lowest BCUT2D eigenvalue weighted by Gasteiger charge is -2.11. The summed E-state index contributed by atoms with van der Waals surface area (Å²) in [5.74, 6) is 3.18. The summed E-state index contributed by atoms with van der Waals surface area (Å²) in [4.78, 5) is 10.0. The Hall–Kier alpha value is -1.08. The van der Waals surface area contributed by atoms with Gasteiger partial charge in [0, 0.05) is 14.1 Å². The fourth-order valence-corrected chi connectivity index (χ4v) is 1.07. The van der Waals surface area contributed by atoms with Crippen molar-refractivity contribution in [3.63, 3.8) is 0 Å². The quantitative estimate of drug-likeness (QED) is 0.675. The van der Waals surface area contributed by atoms with Crippen molar-refractivity contribution in [2.45, 2.75) is 0 Å². The van der Waals surface area contributed by atoms with Crippen LogP contribution in [0.25, 0.3) is 0 Å². The van der Waals surface area contributed by atoms with Crippen LogP contribution in [0.3, 0.4) is 0 Å². The van der Waals surface area contributed by atoms with Crippen molar-refractivity contribution in [3.05, 3.63) is 16.5 Å². The molecule has 0 radical (unpaired) electrons. The third kappa shape index (κ3) is 1.74. The van der Waals surface area contributed by atoms with Gasteiger partial charge in [-0.1, -0.05) is 0 Å². The maximum Gasteiger partial charge on any atom is 0.162 e. The van der Waals surface area contributed by atoms with Crippen LogP contribution in [0.15, 0.2) is 10.8 Å². The predicted octanol–water partition coefficient (Wildman–Crippen LogP) is 1.29. The average molecular weight is 226 g/mol. The summed E-state index contributed by atoms with van der Waals surface area (Å²) in [7, 11) is 3.75. The van der Waals surface area contributed by atoms with Crippen molar-refractivity contribution in [2.24, 2.45) is 0 Å². The van der Waals surface area contributed by atoms with Crippen LogP contribution in [0.1, 0.15) is 5.69 Å². The second kappa shape index (κ2) is 3.55. The van der Waals surface area contributed by atoms with Gasteiger partial charge in [-0.05, 0) is 21.9 Å². The normalized spacial score (nSPS) is 9.17. The zero-order chi connectivity index (χ0) is 9.14. The fraction of sp³-hybridized carbons (Fsp3) is 0.250. The molecule has 12 heavy (non-hydrogen) atoms. The van der Waals surface area contributed by atoms with Crippen molar-refractivity contribution in [1.29, 1.82) is 0 Å². The van der Waals surface area contributed by atoms with Gasteiger partial charge in [0.2, 0.25) is 0 Å². The van der Waals surface area contributed by atoms with Gasteiger partial charge in [0.15, 0.2) is 11.5 Å². The van der Waals surface area contributed by atoms with E-state index in [0.717, 1.165) is 0 Å². The fourth-order valence-electron chi connectivity index (χ4n) is 0.785. The lowest BCUT2D eigenvalue weighted by Crippen LogP contribution is -2.13. The number of anilines is 1. The molecule has 1 heterocycles. The molecule has 62 valence electrons. The van der Waals surface area contributed by atoms with Gasteiger partial charge in [0.1, 0.15) is 4.60 Å². The van der Waals surface area contributed by atoms with Crippen molar-refractivity contribution in [1.82, 2.24) is 9.97 Å². The average Bonchev–Trinajstić information content (AvgIpc) is 2.03. The monoisotopic (exact) mass is 225 g/mol. The highest BCUT2D eigenvalue weighted by Crippen LogP contribution is 2.14. The summed E-state index contributed by atoms with van der Waals surface area (Å²) in [5, 5.41) is 0. The lowest BCUT2D eigenvalue weighted by atomic mass is 10.4. The van der Waals surface area contributed by atoms with Crippen LogP contribution in [0.4, 0.5) is 5.82 Å². The molecule has 1 aromatic heterocycles. The molecular formula is C8H8BrN3. The first-order chi connectivity index (χ1) is 5.65. The van der Waals surface area contributed by atoms with Gasteiger partial charge in [0.05, 0.1) is 6.20 Å². The molecule has 0 spiro atoms. The Labute approximate surface area is 80.0 Å². The third-order valence-electron chi connectivity index (χ3n) is 1.28. The van der Waals surface area contributed by atoms with E-state index < -0.39 is 0 Å². The molecule has 4 heteroatoms. The standard InChI is InChI=1S/C8H8BrN3/c1-4-6-8(12(2)3)10-5-7(9)11-6/h1,5H,2-3H3. The molecule has 0 aliphatic heterocycles. The maximum atomic E-state index is 5.26. The topological polar surface area (TPSA) is 29.0 Å². The van der Waals surface area contributed by atoms with E-state index in [-0.39, 0.29) is 0 Å². The summed E-state index contributed by atoms with van der Waals surface area (Å²) < 4.78 is 0.654. The van der Waals surface area contributed by atoms with Crippen LogP contribution in [-0.4, -0.2) is 24.1 Å². The number of hydrogen-bond donors (Lipinski definition) is 0. The Kier molecular flexibility index (Phi) is 2.66. The molecule has 0 aromatic carbocycles. The van der Waals surface area contributed by atoms with E-state index in [1.807, 2.05) is 19.0 Å². The number of hydrogen-bond acceptors (Lipinski definition) is 3. The minimum atomic E-state index is 0.550. The molecule has 0 atom stereocenters. The van der Waals surface area contributed by atoms with Gasteiger partial charge >= 0.3 is 0 Å². The maximum absolute atomic E-state index is 5.26. The lowest BCUT2D eigenvalue weighted by molar-refractivity contribution is 1.02. The Bertz CT molecular complexity index is 328. The molecule has 0 bridgehead atoms. The van der Waals surface area contributed by atoms with Crippen LogP contribution in [-0.2, 0) is 0 Å². The zero-order valence-corrected chi connectivity index (χ0v) is 8.46. The summed E-state index contributed by atoms with van der Waals surface area (Å²) in [6.45, 7) is 0. The smallest absolute Gasteiger partial charge is 0.162 e. The number of nitrogens with zero attached hydrogens (tertiary/aromatic N) is 3. The SMILES string of the molecule is C#Cc1nc(Br)cnc1N(C)C. The van der Waals surface area contributed by atoms with Crippen LogP contribution in [0.2, 0.25) is 0 Å². The van der Waals surface area contributed by atoms with Gasteiger partial charge in [-0.2, -0.15) is 0 Å². The Balaban J connectivity index is 3.23. The van der Waals surface area contributed by atoms with E-state index in [9.17, 15) is 0 Å². The van der Waals surface area contributed by atoms with E-state index in [1.165, 1.54) is 0 Å². The molecule has 0 amide bonds. The molecule has 0 aliphatic rings. The molecule has 1 aromatic rings. The largest absolute Gasteiger partial charge is 0.360 e. The van der Waals surface area contributed by atoms with Crippen molar-refractivity contribution >= 4 is 21.7 Å². The molecule has 0 saturated carbocycles. The van der Waals surface area contributed by atoms with E-state index in [2.05, 4.69) is 31.8 Å². The summed E-state index contributed by atoms with van der Waals surface area (Å²) in [6.07, 6.45) is 6.88. The second-order valence-corrected chi connectivity index (χ2v) is 3.22. The summed E-state index contributed by atoms with van der Waals surface area (Å²) >= 11 is 3.20. The van der Waals surface area contributed by atoms with Crippen molar-refractivity contribution in [2.75, 3.05) is 19.0 Å². The highest BCUT2D eigenvalue weighted by molar-refractivity contribution is 9.10. The first kappa shape index (κ1) is 9.01. The Morgan fingerprint density at radius 2 is 2.25 bits per heavy atom. The molecule has 1 rings (SSSR count). The minimum absolute atomic E-state index is 0.550. The third-order valence-corrected chi connectivity index (χ3v) is 1.67. The number of aromatic nitrogens is 2. The first-order valence-electron chi connectivity index (χ1n) is 3.31. The van der Waals surface area contributed by atoms with E-state index in [4.69, 9.17) is 6.42 Å². The van der Waals surface area contributed by atoms with E-state index >= 15 is 0 Å². The molecule has 0 N–H and O–H groups in total. The molecule has 0 fully saturated rings. The van der Waals surface area contributed by atoms with Gasteiger partial charge in [-0.15, -0.1) is 6.42 Å². The second-order valence-electron chi connectivity index (χ2n) is 2.40. The van der Waals surface area contributed by atoms with Crippen LogP contribution in [0, 0.1) is 12.3 Å². The highest BCUT2D eigenvalue weighted by Gasteiger charge is 2.05. The predicted molar refractivity (Wildman–Crippen MR) is 52.0 cm³/mol. The van der Waals surface area contributed by atoms with E-state index in [1.54, 1.807) is 6.20 Å². The zero-order valence-electron chi connectivity index (χ0n) is 6.87. The van der Waals surface area contributed by atoms with E-state index in [0.29, 0.717) is 16.1 Å². The number of terminal acetylenes is 1. The first-order valence-corrected chi connectivity index (χ1v) is 4.11. The van der Waals surface area contributed by atoms with Gasteiger partial charge in [-0.25, -0.2) is 9.97 Å². The highest BCUT2D eigenvalue weighted by atomic mass is 79.9. The number of rotatable bonds is 1. The summed E-state index contributed by atoms with van der Waals surface area (Å²) in [5.41, 5.74) is 0.550. The van der Waals surface area contributed by atoms with Gasteiger partial charge < -0.3 is 4.90 Å². The molecule has 0 aliphatic carbocycles. The van der Waals surface area contributed by atoms with Gasteiger partial charge in [0.25, 0.3) is 0 Å². The molecular weight excluding hydrogens is 218 g/mol. The van der Waals surface area contributed by atoms with Crippen LogP contribution >= 0.6 is 15.9 Å². The van der Waals surface area contributed by atoms with Crippen LogP contribution in [0.5, 0.6) is 0 Å². The van der Waals surface area contributed by atoms with Crippen molar-refractivity contribution < 1.29 is 0 Å². The number of halogens is 1. The molecule has 3 nitrogen and oxygen atoms in total. The summed E-state index contributed by atoms with van der Waals surface area (Å²) in [6, 6.07) is 0. The Morgan fingerprint density at radius 3 is 2.75 bits per heavy atom. The molecule has 0 saturated heterocycles. The van der Waals surface area contributed by atoms with Crippen molar-refractivity contribution in [3.8, 4) is 12.3 Å².